The number of diazo groups is 1. The van der Waals surface area contributed by atoms with Crippen LogP contribution in [0.5, 0.6) is 0 Å². The van der Waals surface area contributed by atoms with Crippen molar-refractivity contribution in [2.75, 3.05) is 0 Å². The van der Waals surface area contributed by atoms with Crippen LogP contribution >= 0.6 is 0 Å². The van der Waals surface area contributed by atoms with Gasteiger partial charge in [-0.3, -0.25) is 9.48 Å². The molecule has 1 aromatic carbocycles. The molecule has 0 saturated heterocycles. The van der Waals surface area contributed by atoms with Crippen LogP contribution in [0, 0.1) is 12.3 Å². The van der Waals surface area contributed by atoms with Gasteiger partial charge >= 0.3 is 11.2 Å². The highest BCUT2D eigenvalue weighted by atomic mass is 16.1. The summed E-state index contributed by atoms with van der Waals surface area (Å²) in [6.07, 6.45) is 0. The van der Waals surface area contributed by atoms with Crippen molar-refractivity contribution in [1.82, 2.24) is 9.36 Å². The summed E-state index contributed by atoms with van der Waals surface area (Å²) in [5.74, 6) is 0. The molecule has 5 nitrogen and oxygen atoms in total. The van der Waals surface area contributed by atoms with E-state index < -0.39 is 0 Å². The Morgan fingerprint density at radius 1 is 1.25 bits per heavy atom. The average Bonchev–Trinajstić information content (AvgIpc) is 2.51. The first-order chi connectivity index (χ1) is 7.66. The van der Waals surface area contributed by atoms with Crippen molar-refractivity contribution in [3.05, 3.63) is 51.4 Å². The van der Waals surface area contributed by atoms with Gasteiger partial charge in [0.05, 0.1) is 5.69 Å². The molecule has 1 aromatic heterocycles. The molecule has 0 saturated carbocycles. The fourth-order valence-corrected chi connectivity index (χ4v) is 1.67. The molecule has 0 aliphatic heterocycles. The lowest BCUT2D eigenvalue weighted by Crippen LogP contribution is -2.19. The van der Waals surface area contributed by atoms with E-state index in [0.717, 1.165) is 5.69 Å². The Bertz CT molecular complexity index is 616. The molecular weight excluding hydrogens is 204 g/mol. The van der Waals surface area contributed by atoms with Gasteiger partial charge in [-0.25, -0.2) is 4.68 Å². The molecule has 16 heavy (non-hydrogen) atoms. The minimum absolute atomic E-state index is 0.0753. The van der Waals surface area contributed by atoms with Gasteiger partial charge in [0.25, 0.3) is 0 Å². The highest BCUT2D eigenvalue weighted by Gasteiger charge is 2.25. The number of rotatable bonds is 1. The molecule has 80 valence electrons. The Kier molecular flexibility index (Phi) is 2.33. The standard InChI is InChI=1S/C11H11N4O/c1-8-10(13-12)11(16)15(14(8)2)9-6-4-3-5-7-9/h3-7H,1-2H3/q+1. The molecule has 2 aromatic rings. The van der Waals surface area contributed by atoms with Gasteiger partial charge in [-0.2, -0.15) is 0 Å². The first-order valence-electron chi connectivity index (χ1n) is 4.86. The van der Waals surface area contributed by atoms with Crippen molar-refractivity contribution < 1.29 is 0 Å². The van der Waals surface area contributed by atoms with E-state index in [2.05, 4.69) is 4.98 Å². The second kappa shape index (κ2) is 3.66. The van der Waals surface area contributed by atoms with Crippen LogP contribution in [0.3, 0.4) is 0 Å². The summed E-state index contributed by atoms with van der Waals surface area (Å²) in [5.41, 5.74) is 1.12. The predicted octanol–water partition coefficient (Wildman–Crippen LogP) is 1.97. The molecule has 0 unspecified atom stereocenters. The minimum atomic E-state index is -0.325. The largest absolute Gasteiger partial charge is 0.471 e. The van der Waals surface area contributed by atoms with Crippen LogP contribution in [0.25, 0.3) is 10.7 Å². The summed E-state index contributed by atoms with van der Waals surface area (Å²) in [7, 11) is 1.75. The monoisotopic (exact) mass is 215 g/mol. The third-order valence-corrected chi connectivity index (χ3v) is 2.62. The van der Waals surface area contributed by atoms with Gasteiger partial charge in [0.2, 0.25) is 5.39 Å². The number of hydrogen-bond donors (Lipinski definition) is 0. The SMILES string of the molecule is Cc1c([N+]#N)c(=O)n(-c2ccccc2)n1C. The lowest BCUT2D eigenvalue weighted by Gasteiger charge is -2.06. The quantitative estimate of drug-likeness (QED) is 0.683. The van der Waals surface area contributed by atoms with Gasteiger partial charge in [-0.05, 0) is 19.1 Å². The van der Waals surface area contributed by atoms with Crippen LogP contribution in [0.4, 0.5) is 5.69 Å². The van der Waals surface area contributed by atoms with Gasteiger partial charge < -0.3 is 0 Å². The van der Waals surface area contributed by atoms with Crippen molar-refractivity contribution in [3.8, 4) is 5.69 Å². The van der Waals surface area contributed by atoms with Crippen molar-refractivity contribution in [2.45, 2.75) is 6.92 Å². The third-order valence-electron chi connectivity index (χ3n) is 2.62. The van der Waals surface area contributed by atoms with Gasteiger partial charge in [-0.1, -0.05) is 18.2 Å². The molecule has 0 bridgehead atoms. The lowest BCUT2D eigenvalue weighted by atomic mass is 10.3. The molecule has 2 rings (SSSR count). The molecule has 0 fully saturated rings. The Morgan fingerprint density at radius 3 is 2.38 bits per heavy atom. The third kappa shape index (κ3) is 1.32. The van der Waals surface area contributed by atoms with E-state index >= 15 is 0 Å². The maximum absolute atomic E-state index is 11.9. The van der Waals surface area contributed by atoms with Gasteiger partial charge in [0.15, 0.2) is 4.98 Å². The van der Waals surface area contributed by atoms with Crippen molar-refractivity contribution in [2.24, 2.45) is 7.05 Å². The van der Waals surface area contributed by atoms with Gasteiger partial charge in [0.1, 0.15) is 5.69 Å². The fourth-order valence-electron chi connectivity index (χ4n) is 1.67. The highest BCUT2D eigenvalue weighted by molar-refractivity contribution is 5.49. The summed E-state index contributed by atoms with van der Waals surface area (Å²) in [4.78, 5) is 15.0. The van der Waals surface area contributed by atoms with Crippen LogP contribution in [0.1, 0.15) is 5.69 Å². The number of para-hydroxylation sites is 1. The molecule has 5 heteroatoms. The second-order valence-corrected chi connectivity index (χ2v) is 3.51. The van der Waals surface area contributed by atoms with E-state index in [0.29, 0.717) is 5.69 Å². The van der Waals surface area contributed by atoms with Crippen LogP contribution in [0.2, 0.25) is 0 Å². The summed E-state index contributed by atoms with van der Waals surface area (Å²) in [5, 5.41) is 8.78. The zero-order valence-electron chi connectivity index (χ0n) is 9.08. The molecule has 0 N–H and O–H groups in total. The highest BCUT2D eigenvalue weighted by Crippen LogP contribution is 2.15. The summed E-state index contributed by atoms with van der Waals surface area (Å²) in [6, 6.07) is 9.21. The van der Waals surface area contributed by atoms with Crippen LogP contribution in [-0.4, -0.2) is 9.36 Å². The van der Waals surface area contributed by atoms with Crippen LogP contribution in [-0.2, 0) is 7.05 Å². The summed E-state index contributed by atoms with van der Waals surface area (Å²) < 4.78 is 3.12. The lowest BCUT2D eigenvalue weighted by molar-refractivity contribution is 0.630. The number of hydrogen-bond acceptors (Lipinski definition) is 2. The molecule has 0 amide bonds. The van der Waals surface area contributed by atoms with E-state index in [4.69, 9.17) is 5.39 Å². The Morgan fingerprint density at radius 2 is 1.88 bits per heavy atom. The first kappa shape index (κ1) is 10.2. The maximum Gasteiger partial charge on any atom is 0.471 e. The van der Waals surface area contributed by atoms with E-state index in [9.17, 15) is 4.79 Å². The summed E-state index contributed by atoms with van der Waals surface area (Å²) >= 11 is 0. The van der Waals surface area contributed by atoms with E-state index in [1.807, 2.05) is 30.3 Å². The normalized spacial score (nSPS) is 10.1. The topological polar surface area (TPSA) is 55.1 Å². The molecule has 0 radical (unpaired) electrons. The van der Waals surface area contributed by atoms with E-state index in [1.54, 1.807) is 18.7 Å². The fraction of sp³-hybridized carbons (Fsp3) is 0.182. The molecule has 0 atom stereocenters. The Hall–Kier alpha value is -2.35. The smallest absolute Gasteiger partial charge is 0.277 e. The zero-order chi connectivity index (χ0) is 11.7. The molecule has 0 spiro atoms. The Balaban J connectivity index is 2.79. The van der Waals surface area contributed by atoms with Crippen molar-refractivity contribution in [1.29, 1.82) is 5.39 Å². The molecule has 1 heterocycles. The van der Waals surface area contributed by atoms with Gasteiger partial charge in [-0.15, -0.1) is 0 Å². The number of benzene rings is 1. The minimum Gasteiger partial charge on any atom is -0.277 e. The predicted molar refractivity (Wildman–Crippen MR) is 60.5 cm³/mol. The summed E-state index contributed by atoms with van der Waals surface area (Å²) in [6.45, 7) is 1.73. The maximum atomic E-state index is 11.9. The zero-order valence-corrected chi connectivity index (χ0v) is 9.08. The Labute approximate surface area is 92.2 Å². The second-order valence-electron chi connectivity index (χ2n) is 3.51. The number of nitrogens with zero attached hydrogens (tertiary/aromatic N) is 4. The molecular formula is C11H11N4O+. The van der Waals surface area contributed by atoms with Crippen LogP contribution < -0.4 is 5.56 Å². The van der Waals surface area contributed by atoms with Crippen LogP contribution in [0.15, 0.2) is 35.1 Å². The molecule has 0 aliphatic rings. The van der Waals surface area contributed by atoms with E-state index in [-0.39, 0.29) is 11.2 Å². The molecule has 0 aliphatic carbocycles. The van der Waals surface area contributed by atoms with Crippen molar-refractivity contribution in [3.63, 3.8) is 0 Å². The van der Waals surface area contributed by atoms with Crippen molar-refractivity contribution >= 4 is 5.69 Å². The average molecular weight is 215 g/mol. The number of aromatic nitrogens is 2. The van der Waals surface area contributed by atoms with E-state index in [1.165, 1.54) is 4.68 Å². The van der Waals surface area contributed by atoms with Gasteiger partial charge in [0, 0.05) is 7.05 Å². The first-order valence-corrected chi connectivity index (χ1v) is 4.86.